The molecule has 1 heterocycles. The lowest BCUT2D eigenvalue weighted by Crippen LogP contribution is -2.31. The smallest absolute Gasteiger partial charge is 0.276 e. The molecule has 0 aliphatic rings. The van der Waals surface area contributed by atoms with Crippen LogP contribution < -0.4 is 16.2 Å². The largest absolute Gasteiger partial charge is 0.354 e. The van der Waals surface area contributed by atoms with E-state index in [1.54, 1.807) is 24.3 Å². The number of hydrogen-bond acceptors (Lipinski definition) is 4. The number of aromatic amines is 1. The summed E-state index contributed by atoms with van der Waals surface area (Å²) in [5.41, 5.74) is 1.18. The molecule has 0 aliphatic heterocycles. The van der Waals surface area contributed by atoms with Gasteiger partial charge >= 0.3 is 0 Å². The van der Waals surface area contributed by atoms with Crippen molar-refractivity contribution in [3.63, 3.8) is 0 Å². The molecule has 2 rings (SSSR count). The Morgan fingerprint density at radius 2 is 1.83 bits per heavy atom. The van der Waals surface area contributed by atoms with E-state index in [1.807, 2.05) is 13.8 Å². The van der Waals surface area contributed by atoms with Gasteiger partial charge in [0.05, 0.1) is 6.42 Å². The maximum atomic E-state index is 11.9. The lowest BCUT2D eigenvalue weighted by molar-refractivity contribution is -0.120. The highest BCUT2D eigenvalue weighted by molar-refractivity contribution is 6.02. The Morgan fingerprint density at radius 3 is 2.39 bits per heavy atom. The molecule has 0 bridgehead atoms. The van der Waals surface area contributed by atoms with Crippen molar-refractivity contribution in [2.45, 2.75) is 26.3 Å². The van der Waals surface area contributed by atoms with Crippen molar-refractivity contribution in [3.8, 4) is 0 Å². The topological polar surface area (TPSA) is 104 Å². The maximum absolute atomic E-state index is 11.9. The Balaban J connectivity index is 1.97. The first kappa shape index (κ1) is 16.4. The molecule has 1 aromatic carbocycles. The number of hydrogen-bond donors (Lipinski definition) is 3. The molecule has 0 saturated carbocycles. The minimum absolute atomic E-state index is 0.0470. The fraction of sp³-hybridized carbons (Fsp3) is 0.250. The predicted octanol–water partition coefficient (Wildman–Crippen LogP) is 1.09. The van der Waals surface area contributed by atoms with Gasteiger partial charge in [0.15, 0.2) is 0 Å². The van der Waals surface area contributed by atoms with E-state index < -0.39 is 5.91 Å². The Morgan fingerprint density at radius 1 is 1.13 bits per heavy atom. The van der Waals surface area contributed by atoms with E-state index in [2.05, 4.69) is 20.8 Å². The molecule has 0 unspecified atom stereocenters. The SMILES string of the molecule is CC(C)NC(=O)Cc1ccc(NC(=O)c2ccc(=O)[nH]n2)cc1. The van der Waals surface area contributed by atoms with Crippen molar-refractivity contribution in [2.24, 2.45) is 0 Å². The lowest BCUT2D eigenvalue weighted by atomic mass is 10.1. The summed E-state index contributed by atoms with van der Waals surface area (Å²) in [7, 11) is 0. The summed E-state index contributed by atoms with van der Waals surface area (Å²) in [5.74, 6) is -0.472. The van der Waals surface area contributed by atoms with Crippen molar-refractivity contribution in [1.29, 1.82) is 0 Å². The third-order valence-electron chi connectivity index (χ3n) is 2.94. The van der Waals surface area contributed by atoms with E-state index in [4.69, 9.17) is 0 Å². The molecular weight excluding hydrogens is 296 g/mol. The molecule has 3 N–H and O–H groups in total. The standard InChI is InChI=1S/C16H18N4O3/c1-10(2)17-15(22)9-11-3-5-12(6-4-11)18-16(23)13-7-8-14(21)20-19-13/h3-8,10H,9H2,1-2H3,(H,17,22)(H,18,23)(H,20,21). The normalized spacial score (nSPS) is 10.4. The van der Waals surface area contributed by atoms with Crippen molar-refractivity contribution in [3.05, 3.63) is 58.0 Å². The minimum Gasteiger partial charge on any atom is -0.354 e. The molecule has 23 heavy (non-hydrogen) atoms. The van der Waals surface area contributed by atoms with E-state index in [0.717, 1.165) is 5.56 Å². The van der Waals surface area contributed by atoms with Gasteiger partial charge in [-0.05, 0) is 37.6 Å². The van der Waals surface area contributed by atoms with Crippen LogP contribution in [0.4, 0.5) is 5.69 Å². The third-order valence-corrected chi connectivity index (χ3v) is 2.94. The Labute approximate surface area is 133 Å². The van der Waals surface area contributed by atoms with E-state index in [0.29, 0.717) is 5.69 Å². The Bertz CT molecular complexity index is 730. The monoisotopic (exact) mass is 314 g/mol. The number of aromatic nitrogens is 2. The van der Waals surface area contributed by atoms with Gasteiger partial charge in [0.1, 0.15) is 5.69 Å². The zero-order chi connectivity index (χ0) is 16.8. The summed E-state index contributed by atoms with van der Waals surface area (Å²) < 4.78 is 0. The van der Waals surface area contributed by atoms with Gasteiger partial charge in [-0.3, -0.25) is 14.4 Å². The van der Waals surface area contributed by atoms with Gasteiger partial charge in [-0.25, -0.2) is 5.10 Å². The van der Waals surface area contributed by atoms with Crippen molar-refractivity contribution < 1.29 is 9.59 Å². The second kappa shape index (κ2) is 7.35. The summed E-state index contributed by atoms with van der Waals surface area (Å²) in [6.07, 6.45) is 0.286. The summed E-state index contributed by atoms with van der Waals surface area (Å²) in [6.45, 7) is 3.81. The third kappa shape index (κ3) is 5.06. The molecule has 2 amide bonds. The number of carbonyl (C=O) groups excluding carboxylic acids is 2. The highest BCUT2D eigenvalue weighted by Crippen LogP contribution is 2.11. The molecule has 0 aliphatic carbocycles. The van der Waals surface area contributed by atoms with Crippen LogP contribution in [0.25, 0.3) is 0 Å². The van der Waals surface area contributed by atoms with Gasteiger partial charge in [0, 0.05) is 17.8 Å². The number of rotatable bonds is 5. The highest BCUT2D eigenvalue weighted by atomic mass is 16.2. The second-order valence-corrected chi connectivity index (χ2v) is 5.36. The number of amides is 2. The molecule has 0 spiro atoms. The molecule has 7 nitrogen and oxygen atoms in total. The summed E-state index contributed by atoms with van der Waals surface area (Å²) in [5, 5.41) is 11.3. The number of benzene rings is 1. The summed E-state index contributed by atoms with van der Waals surface area (Å²) in [4.78, 5) is 34.5. The molecule has 0 saturated heterocycles. The number of nitrogens with zero attached hydrogens (tertiary/aromatic N) is 1. The van der Waals surface area contributed by atoms with Gasteiger partial charge in [-0.15, -0.1) is 0 Å². The van der Waals surface area contributed by atoms with Crippen molar-refractivity contribution >= 4 is 17.5 Å². The molecule has 1 aromatic heterocycles. The van der Waals surface area contributed by atoms with Gasteiger partial charge in [-0.2, -0.15) is 5.10 Å². The first-order valence-electron chi connectivity index (χ1n) is 7.19. The maximum Gasteiger partial charge on any atom is 0.276 e. The zero-order valence-corrected chi connectivity index (χ0v) is 12.9. The quantitative estimate of drug-likeness (QED) is 0.768. The van der Waals surface area contributed by atoms with Gasteiger partial charge in [-0.1, -0.05) is 12.1 Å². The fourth-order valence-electron chi connectivity index (χ4n) is 1.93. The highest BCUT2D eigenvalue weighted by Gasteiger charge is 2.09. The lowest BCUT2D eigenvalue weighted by Gasteiger charge is -2.09. The van der Waals surface area contributed by atoms with Crippen molar-refractivity contribution in [1.82, 2.24) is 15.5 Å². The van der Waals surface area contributed by atoms with E-state index in [9.17, 15) is 14.4 Å². The van der Waals surface area contributed by atoms with Crippen LogP contribution in [-0.2, 0) is 11.2 Å². The van der Waals surface area contributed by atoms with E-state index in [-0.39, 0.29) is 29.6 Å². The first-order valence-corrected chi connectivity index (χ1v) is 7.19. The fourth-order valence-corrected chi connectivity index (χ4v) is 1.93. The van der Waals surface area contributed by atoms with Crippen LogP contribution in [0.15, 0.2) is 41.2 Å². The van der Waals surface area contributed by atoms with Crippen LogP contribution in [0.5, 0.6) is 0 Å². The number of carbonyl (C=O) groups is 2. The molecule has 0 radical (unpaired) electrons. The number of nitrogens with one attached hydrogen (secondary N) is 3. The van der Waals surface area contributed by atoms with E-state index >= 15 is 0 Å². The molecule has 0 fully saturated rings. The van der Waals surface area contributed by atoms with Crippen LogP contribution >= 0.6 is 0 Å². The van der Waals surface area contributed by atoms with Crippen molar-refractivity contribution in [2.75, 3.05) is 5.32 Å². The summed E-state index contributed by atoms with van der Waals surface area (Å²) >= 11 is 0. The van der Waals surface area contributed by atoms with Crippen LogP contribution in [0.3, 0.4) is 0 Å². The first-order chi connectivity index (χ1) is 10.9. The molecule has 120 valence electrons. The Hall–Kier alpha value is -2.96. The molecule has 0 atom stereocenters. The number of H-pyrrole nitrogens is 1. The Kier molecular flexibility index (Phi) is 5.24. The molecule has 7 heteroatoms. The van der Waals surface area contributed by atoms with E-state index in [1.165, 1.54) is 12.1 Å². The second-order valence-electron chi connectivity index (χ2n) is 5.36. The van der Waals surface area contributed by atoms with Crippen LogP contribution in [0, 0.1) is 0 Å². The molecule has 2 aromatic rings. The molecular formula is C16H18N4O3. The zero-order valence-electron chi connectivity index (χ0n) is 12.9. The van der Waals surface area contributed by atoms with Crippen LogP contribution in [0.1, 0.15) is 29.9 Å². The minimum atomic E-state index is -0.424. The van der Waals surface area contributed by atoms with Gasteiger partial charge in [0.2, 0.25) is 5.91 Å². The van der Waals surface area contributed by atoms with Gasteiger partial charge in [0.25, 0.3) is 11.5 Å². The van der Waals surface area contributed by atoms with Crippen LogP contribution in [-0.4, -0.2) is 28.1 Å². The van der Waals surface area contributed by atoms with Gasteiger partial charge < -0.3 is 10.6 Å². The summed E-state index contributed by atoms with van der Waals surface area (Å²) in [6, 6.07) is 9.65. The van der Waals surface area contributed by atoms with Crippen LogP contribution in [0.2, 0.25) is 0 Å². The number of anilines is 1. The average molecular weight is 314 g/mol. The predicted molar refractivity (Wildman–Crippen MR) is 86.2 cm³/mol. The average Bonchev–Trinajstić information content (AvgIpc) is 2.49.